The van der Waals surface area contributed by atoms with E-state index in [1.54, 1.807) is 6.07 Å². The Hall–Kier alpha value is -1.07. The van der Waals surface area contributed by atoms with Gasteiger partial charge in [-0.3, -0.25) is 0 Å². The summed E-state index contributed by atoms with van der Waals surface area (Å²) in [6.07, 6.45) is 1.26. The van der Waals surface area contributed by atoms with Crippen LogP contribution in [0.25, 0.3) is 0 Å². The normalized spacial score (nSPS) is 21.1. The van der Waals surface area contributed by atoms with Crippen molar-refractivity contribution in [3.05, 3.63) is 16.3 Å². The first-order chi connectivity index (χ1) is 7.70. The van der Waals surface area contributed by atoms with E-state index < -0.39 is 5.97 Å². The molecule has 5 heteroatoms. The number of thiophene rings is 1. The standard InChI is InChI=1S/C11H15NO3S/c1-2-9-6-12(3-4-15-9)8-5-10(11(13)14)16-7-8/h5,7,9H,2-4,6H2,1H3,(H,13,14). The number of hydrogen-bond donors (Lipinski definition) is 1. The number of anilines is 1. The molecule has 0 aromatic carbocycles. The van der Waals surface area contributed by atoms with Crippen LogP contribution in [0.3, 0.4) is 0 Å². The summed E-state index contributed by atoms with van der Waals surface area (Å²) >= 11 is 1.28. The Balaban J connectivity index is 2.08. The van der Waals surface area contributed by atoms with E-state index in [-0.39, 0.29) is 6.10 Å². The molecule has 2 rings (SSSR count). The number of morpholine rings is 1. The quantitative estimate of drug-likeness (QED) is 0.880. The fourth-order valence-corrected chi connectivity index (χ4v) is 2.56. The van der Waals surface area contributed by atoms with E-state index >= 15 is 0 Å². The van der Waals surface area contributed by atoms with E-state index in [2.05, 4.69) is 11.8 Å². The van der Waals surface area contributed by atoms with Crippen molar-refractivity contribution in [3.8, 4) is 0 Å². The van der Waals surface area contributed by atoms with Gasteiger partial charge in [-0.15, -0.1) is 11.3 Å². The first-order valence-electron chi connectivity index (χ1n) is 5.39. The number of aromatic carboxylic acids is 1. The van der Waals surface area contributed by atoms with Crippen LogP contribution in [0.15, 0.2) is 11.4 Å². The minimum Gasteiger partial charge on any atom is -0.477 e. The molecular weight excluding hydrogens is 226 g/mol. The predicted molar refractivity (Wildman–Crippen MR) is 63.5 cm³/mol. The van der Waals surface area contributed by atoms with Crippen LogP contribution in [0.4, 0.5) is 5.69 Å². The number of ether oxygens (including phenoxy) is 1. The molecule has 0 bridgehead atoms. The van der Waals surface area contributed by atoms with E-state index in [9.17, 15) is 4.79 Å². The van der Waals surface area contributed by atoms with Crippen molar-refractivity contribution in [2.24, 2.45) is 0 Å². The largest absolute Gasteiger partial charge is 0.477 e. The highest BCUT2D eigenvalue weighted by atomic mass is 32.1. The second-order valence-corrected chi connectivity index (χ2v) is 4.73. The summed E-state index contributed by atoms with van der Waals surface area (Å²) in [6, 6.07) is 1.74. The van der Waals surface area contributed by atoms with E-state index in [0.29, 0.717) is 4.88 Å². The van der Waals surface area contributed by atoms with Crippen molar-refractivity contribution in [3.63, 3.8) is 0 Å². The molecule has 1 atom stereocenters. The van der Waals surface area contributed by atoms with Gasteiger partial charge in [-0.1, -0.05) is 6.92 Å². The molecule has 0 amide bonds. The van der Waals surface area contributed by atoms with Crippen LogP contribution < -0.4 is 4.90 Å². The van der Waals surface area contributed by atoms with Crippen molar-refractivity contribution in [1.82, 2.24) is 0 Å². The Labute approximate surface area is 98.4 Å². The number of hydrogen-bond acceptors (Lipinski definition) is 4. The Morgan fingerprint density at radius 2 is 2.56 bits per heavy atom. The lowest BCUT2D eigenvalue weighted by Gasteiger charge is -2.33. The zero-order valence-electron chi connectivity index (χ0n) is 9.18. The van der Waals surface area contributed by atoms with E-state index in [4.69, 9.17) is 9.84 Å². The third-order valence-corrected chi connectivity index (χ3v) is 3.66. The molecule has 4 nitrogen and oxygen atoms in total. The van der Waals surface area contributed by atoms with E-state index in [0.717, 1.165) is 31.8 Å². The van der Waals surface area contributed by atoms with Crippen molar-refractivity contribution < 1.29 is 14.6 Å². The van der Waals surface area contributed by atoms with Crippen LogP contribution in [-0.2, 0) is 4.74 Å². The second-order valence-electron chi connectivity index (χ2n) is 3.82. The molecule has 1 aromatic rings. The Morgan fingerprint density at radius 3 is 3.19 bits per heavy atom. The highest BCUT2D eigenvalue weighted by Gasteiger charge is 2.20. The number of nitrogens with zero attached hydrogens (tertiary/aromatic N) is 1. The summed E-state index contributed by atoms with van der Waals surface area (Å²) < 4.78 is 5.58. The molecule has 1 aliphatic heterocycles. The fourth-order valence-electron chi connectivity index (χ4n) is 1.81. The third-order valence-electron chi connectivity index (χ3n) is 2.76. The summed E-state index contributed by atoms with van der Waals surface area (Å²) in [4.78, 5) is 13.4. The van der Waals surface area contributed by atoms with Crippen LogP contribution in [-0.4, -0.2) is 36.9 Å². The lowest BCUT2D eigenvalue weighted by atomic mass is 10.2. The van der Waals surface area contributed by atoms with E-state index in [1.807, 2.05) is 5.38 Å². The van der Waals surface area contributed by atoms with Gasteiger partial charge in [0.1, 0.15) is 4.88 Å². The first-order valence-corrected chi connectivity index (χ1v) is 6.27. The third kappa shape index (κ3) is 2.36. The van der Waals surface area contributed by atoms with E-state index in [1.165, 1.54) is 11.3 Å². The van der Waals surface area contributed by atoms with Crippen molar-refractivity contribution in [2.45, 2.75) is 19.4 Å². The van der Waals surface area contributed by atoms with Gasteiger partial charge in [-0.05, 0) is 12.5 Å². The fraction of sp³-hybridized carbons (Fsp3) is 0.545. The van der Waals surface area contributed by atoms with Gasteiger partial charge >= 0.3 is 5.97 Å². The van der Waals surface area contributed by atoms with Gasteiger partial charge < -0.3 is 14.7 Å². The lowest BCUT2D eigenvalue weighted by Crippen LogP contribution is -2.42. The zero-order valence-corrected chi connectivity index (χ0v) is 10.00. The summed E-state index contributed by atoms with van der Waals surface area (Å²) in [5, 5.41) is 10.8. The van der Waals surface area contributed by atoms with Crippen LogP contribution >= 0.6 is 11.3 Å². The molecule has 1 aliphatic rings. The summed E-state index contributed by atoms with van der Waals surface area (Å²) in [7, 11) is 0. The highest BCUT2D eigenvalue weighted by molar-refractivity contribution is 7.12. The molecule has 0 saturated carbocycles. The monoisotopic (exact) mass is 241 g/mol. The molecule has 1 aromatic heterocycles. The average molecular weight is 241 g/mol. The molecule has 1 N–H and O–H groups in total. The SMILES string of the molecule is CCC1CN(c2csc(C(=O)O)c2)CCO1. The molecule has 16 heavy (non-hydrogen) atoms. The summed E-state index contributed by atoms with van der Waals surface area (Å²) in [5.74, 6) is -0.850. The molecular formula is C11H15NO3S. The Bertz CT molecular complexity index is 377. The van der Waals surface area contributed by atoms with Crippen LogP contribution in [0.2, 0.25) is 0 Å². The van der Waals surface area contributed by atoms with Crippen LogP contribution in [0.1, 0.15) is 23.0 Å². The molecule has 1 fully saturated rings. The van der Waals surface area contributed by atoms with Crippen molar-refractivity contribution in [1.29, 1.82) is 0 Å². The van der Waals surface area contributed by atoms with Crippen molar-refractivity contribution in [2.75, 3.05) is 24.6 Å². The maximum Gasteiger partial charge on any atom is 0.345 e. The predicted octanol–water partition coefficient (Wildman–Crippen LogP) is 2.06. The topological polar surface area (TPSA) is 49.8 Å². The van der Waals surface area contributed by atoms with Gasteiger partial charge in [-0.2, -0.15) is 0 Å². The minimum absolute atomic E-state index is 0.266. The van der Waals surface area contributed by atoms with Crippen LogP contribution in [0, 0.1) is 0 Å². The van der Waals surface area contributed by atoms with Crippen molar-refractivity contribution >= 4 is 23.0 Å². The Morgan fingerprint density at radius 1 is 1.75 bits per heavy atom. The molecule has 0 aliphatic carbocycles. The Kier molecular flexibility index (Phi) is 3.46. The molecule has 1 unspecified atom stereocenters. The summed E-state index contributed by atoms with van der Waals surface area (Å²) in [6.45, 7) is 4.51. The number of carbonyl (C=O) groups is 1. The highest BCUT2D eigenvalue weighted by Crippen LogP contribution is 2.25. The van der Waals surface area contributed by atoms with Gasteiger partial charge in [-0.25, -0.2) is 4.79 Å². The maximum absolute atomic E-state index is 10.8. The summed E-state index contributed by atoms with van der Waals surface area (Å²) in [5.41, 5.74) is 1.00. The minimum atomic E-state index is -0.850. The zero-order chi connectivity index (χ0) is 11.5. The van der Waals surface area contributed by atoms with Gasteiger partial charge in [0.15, 0.2) is 0 Å². The van der Waals surface area contributed by atoms with Gasteiger partial charge in [0, 0.05) is 24.2 Å². The van der Waals surface area contributed by atoms with Crippen LogP contribution in [0.5, 0.6) is 0 Å². The average Bonchev–Trinajstić information content (AvgIpc) is 2.78. The second kappa shape index (κ2) is 4.84. The maximum atomic E-state index is 10.8. The molecule has 0 spiro atoms. The van der Waals surface area contributed by atoms with Gasteiger partial charge in [0.2, 0.25) is 0 Å². The molecule has 1 saturated heterocycles. The number of carboxylic acids is 1. The first kappa shape index (κ1) is 11.4. The smallest absolute Gasteiger partial charge is 0.345 e. The number of carboxylic acid groups (broad SMARTS) is 1. The number of rotatable bonds is 3. The van der Waals surface area contributed by atoms with Gasteiger partial charge in [0.25, 0.3) is 0 Å². The molecule has 2 heterocycles. The molecule has 0 radical (unpaired) electrons. The lowest BCUT2D eigenvalue weighted by molar-refractivity contribution is 0.0384. The van der Waals surface area contributed by atoms with Gasteiger partial charge in [0.05, 0.1) is 12.7 Å². The molecule has 88 valence electrons.